The SMILES string of the molecule is O=C(Cc1ccon1)NC(C(=O)N1CCCCC1)c1ccccc1. The molecule has 1 unspecified atom stereocenters. The third-order valence-electron chi connectivity index (χ3n) is 4.19. The highest BCUT2D eigenvalue weighted by molar-refractivity contribution is 5.89. The van der Waals surface area contributed by atoms with Crippen LogP contribution in [-0.4, -0.2) is 35.0 Å². The van der Waals surface area contributed by atoms with E-state index in [-0.39, 0.29) is 18.2 Å². The number of hydrogen-bond donors (Lipinski definition) is 1. The minimum Gasteiger partial charge on any atom is -0.364 e. The average Bonchev–Trinajstić information content (AvgIpc) is 3.13. The second kappa shape index (κ2) is 7.77. The van der Waals surface area contributed by atoms with Crippen molar-refractivity contribution < 1.29 is 14.1 Å². The Balaban J connectivity index is 1.74. The zero-order valence-electron chi connectivity index (χ0n) is 13.5. The molecule has 1 fully saturated rings. The number of carbonyl (C=O) groups is 2. The summed E-state index contributed by atoms with van der Waals surface area (Å²) >= 11 is 0. The van der Waals surface area contributed by atoms with Gasteiger partial charge in [-0.15, -0.1) is 0 Å². The van der Waals surface area contributed by atoms with Crippen LogP contribution in [0.3, 0.4) is 0 Å². The van der Waals surface area contributed by atoms with Gasteiger partial charge in [-0.1, -0.05) is 35.5 Å². The van der Waals surface area contributed by atoms with E-state index in [1.54, 1.807) is 6.07 Å². The van der Waals surface area contributed by atoms with Gasteiger partial charge in [-0.25, -0.2) is 0 Å². The van der Waals surface area contributed by atoms with E-state index in [4.69, 9.17) is 4.52 Å². The second-order valence-corrected chi connectivity index (χ2v) is 5.96. The Morgan fingerprint density at radius 3 is 2.54 bits per heavy atom. The standard InChI is InChI=1S/C18H21N3O3/c22-16(13-15-9-12-24-20-15)19-17(14-7-3-1-4-8-14)18(23)21-10-5-2-6-11-21/h1,3-4,7-9,12,17H,2,5-6,10-11,13H2,(H,19,22). The Morgan fingerprint density at radius 2 is 1.88 bits per heavy atom. The fourth-order valence-electron chi connectivity index (χ4n) is 2.94. The number of piperidine rings is 1. The van der Waals surface area contributed by atoms with Gasteiger partial charge < -0.3 is 14.7 Å². The van der Waals surface area contributed by atoms with Crippen molar-refractivity contribution in [2.24, 2.45) is 0 Å². The monoisotopic (exact) mass is 327 g/mol. The van der Waals surface area contributed by atoms with Crippen LogP contribution in [0.15, 0.2) is 47.2 Å². The summed E-state index contributed by atoms with van der Waals surface area (Å²) in [6.45, 7) is 1.50. The normalized spacial score (nSPS) is 15.8. The number of nitrogens with zero attached hydrogens (tertiary/aromatic N) is 2. The van der Waals surface area contributed by atoms with Gasteiger partial charge in [-0.2, -0.15) is 0 Å². The molecule has 0 aliphatic carbocycles. The van der Waals surface area contributed by atoms with Gasteiger partial charge in [0.05, 0.1) is 12.1 Å². The van der Waals surface area contributed by atoms with Crippen molar-refractivity contribution in [1.29, 1.82) is 0 Å². The van der Waals surface area contributed by atoms with Gasteiger partial charge in [0.15, 0.2) is 0 Å². The summed E-state index contributed by atoms with van der Waals surface area (Å²) < 4.78 is 4.74. The van der Waals surface area contributed by atoms with Gasteiger partial charge in [0.1, 0.15) is 12.3 Å². The molecule has 3 rings (SSSR count). The molecule has 1 aromatic heterocycles. The lowest BCUT2D eigenvalue weighted by Gasteiger charge is -2.31. The third-order valence-corrected chi connectivity index (χ3v) is 4.19. The largest absolute Gasteiger partial charge is 0.364 e. The molecular formula is C18H21N3O3. The van der Waals surface area contributed by atoms with Gasteiger partial charge in [-0.05, 0) is 24.8 Å². The van der Waals surface area contributed by atoms with Crippen molar-refractivity contribution in [3.05, 3.63) is 53.9 Å². The van der Waals surface area contributed by atoms with Gasteiger partial charge in [0, 0.05) is 19.2 Å². The van der Waals surface area contributed by atoms with Crippen LogP contribution in [-0.2, 0) is 16.0 Å². The summed E-state index contributed by atoms with van der Waals surface area (Å²) in [4.78, 5) is 27.1. The number of carbonyl (C=O) groups excluding carboxylic acids is 2. The van der Waals surface area contributed by atoms with Gasteiger partial charge in [0.25, 0.3) is 0 Å². The topological polar surface area (TPSA) is 75.4 Å². The van der Waals surface area contributed by atoms with E-state index in [9.17, 15) is 9.59 Å². The van der Waals surface area contributed by atoms with E-state index >= 15 is 0 Å². The fraction of sp³-hybridized carbons (Fsp3) is 0.389. The molecule has 2 heterocycles. The molecule has 24 heavy (non-hydrogen) atoms. The van der Waals surface area contributed by atoms with Crippen LogP contribution in [0.2, 0.25) is 0 Å². The Kier molecular flexibility index (Phi) is 5.25. The molecule has 6 heteroatoms. The van der Waals surface area contributed by atoms with Crippen molar-refractivity contribution in [3.8, 4) is 0 Å². The smallest absolute Gasteiger partial charge is 0.249 e. The van der Waals surface area contributed by atoms with E-state index in [0.717, 1.165) is 37.9 Å². The molecule has 0 spiro atoms. The highest BCUT2D eigenvalue weighted by Crippen LogP contribution is 2.19. The highest BCUT2D eigenvalue weighted by Gasteiger charge is 2.28. The number of aromatic nitrogens is 1. The van der Waals surface area contributed by atoms with E-state index in [2.05, 4.69) is 10.5 Å². The maximum absolute atomic E-state index is 12.9. The fourth-order valence-corrected chi connectivity index (χ4v) is 2.94. The molecule has 1 aliphatic heterocycles. The second-order valence-electron chi connectivity index (χ2n) is 5.96. The van der Waals surface area contributed by atoms with Crippen LogP contribution in [0.5, 0.6) is 0 Å². The summed E-state index contributed by atoms with van der Waals surface area (Å²) in [6, 6.07) is 10.3. The first-order valence-corrected chi connectivity index (χ1v) is 8.26. The van der Waals surface area contributed by atoms with Crippen LogP contribution in [0.1, 0.15) is 36.6 Å². The van der Waals surface area contributed by atoms with E-state index in [1.165, 1.54) is 6.26 Å². The average molecular weight is 327 g/mol. The molecule has 1 saturated heterocycles. The zero-order chi connectivity index (χ0) is 16.8. The molecule has 1 aromatic carbocycles. The molecule has 2 amide bonds. The van der Waals surface area contributed by atoms with Crippen LogP contribution in [0.25, 0.3) is 0 Å². The predicted octanol–water partition coefficient (Wildman–Crippen LogP) is 2.09. The molecule has 126 valence electrons. The predicted molar refractivity (Wildman–Crippen MR) is 88.0 cm³/mol. The summed E-state index contributed by atoms with van der Waals surface area (Å²) in [5.74, 6) is -0.294. The minimum absolute atomic E-state index is 0.0468. The molecule has 0 bridgehead atoms. The molecule has 1 atom stereocenters. The number of amides is 2. The van der Waals surface area contributed by atoms with Crippen molar-refractivity contribution in [3.63, 3.8) is 0 Å². The lowest BCUT2D eigenvalue weighted by molar-refractivity contribution is -0.137. The van der Waals surface area contributed by atoms with E-state index < -0.39 is 6.04 Å². The van der Waals surface area contributed by atoms with Gasteiger partial charge in [0.2, 0.25) is 11.8 Å². The maximum atomic E-state index is 12.9. The minimum atomic E-state index is -0.663. The van der Waals surface area contributed by atoms with Crippen LogP contribution >= 0.6 is 0 Å². The summed E-state index contributed by atoms with van der Waals surface area (Å²) in [6.07, 6.45) is 4.70. The third kappa shape index (κ3) is 4.01. The van der Waals surface area contributed by atoms with Crippen LogP contribution in [0, 0.1) is 0 Å². The molecule has 1 N–H and O–H groups in total. The zero-order valence-corrected chi connectivity index (χ0v) is 13.5. The molecule has 1 aliphatic rings. The van der Waals surface area contributed by atoms with Crippen molar-refractivity contribution in [1.82, 2.24) is 15.4 Å². The van der Waals surface area contributed by atoms with Crippen LogP contribution in [0.4, 0.5) is 0 Å². The first kappa shape index (κ1) is 16.2. The highest BCUT2D eigenvalue weighted by atomic mass is 16.5. The number of rotatable bonds is 5. The Bertz CT molecular complexity index is 664. The van der Waals surface area contributed by atoms with E-state index in [1.807, 2.05) is 35.2 Å². The van der Waals surface area contributed by atoms with Crippen molar-refractivity contribution >= 4 is 11.8 Å². The molecule has 0 saturated carbocycles. The first-order chi connectivity index (χ1) is 11.7. The van der Waals surface area contributed by atoms with Gasteiger partial charge in [-0.3, -0.25) is 9.59 Å². The summed E-state index contributed by atoms with van der Waals surface area (Å²) in [7, 11) is 0. The van der Waals surface area contributed by atoms with Crippen molar-refractivity contribution in [2.45, 2.75) is 31.7 Å². The van der Waals surface area contributed by atoms with Crippen LogP contribution < -0.4 is 5.32 Å². The quantitative estimate of drug-likeness (QED) is 0.912. The number of benzene rings is 1. The van der Waals surface area contributed by atoms with Gasteiger partial charge >= 0.3 is 0 Å². The van der Waals surface area contributed by atoms with E-state index in [0.29, 0.717) is 5.69 Å². The lowest BCUT2D eigenvalue weighted by atomic mass is 10.0. The first-order valence-electron chi connectivity index (χ1n) is 8.26. The maximum Gasteiger partial charge on any atom is 0.249 e. The molecule has 6 nitrogen and oxygen atoms in total. The molecule has 0 radical (unpaired) electrons. The lowest BCUT2D eigenvalue weighted by Crippen LogP contribution is -2.45. The summed E-state index contributed by atoms with van der Waals surface area (Å²) in [5.41, 5.74) is 1.34. The number of hydrogen-bond acceptors (Lipinski definition) is 4. The Morgan fingerprint density at radius 1 is 1.12 bits per heavy atom. The molecule has 2 aromatic rings. The summed E-state index contributed by atoms with van der Waals surface area (Å²) in [5, 5.41) is 6.60. The number of likely N-dealkylation sites (tertiary alicyclic amines) is 1. The number of nitrogens with one attached hydrogen (secondary N) is 1. The Labute approximate surface area is 140 Å². The Hall–Kier alpha value is -2.63. The molecular weight excluding hydrogens is 306 g/mol. The van der Waals surface area contributed by atoms with Crippen molar-refractivity contribution in [2.75, 3.05) is 13.1 Å².